The van der Waals surface area contributed by atoms with Crippen LogP contribution in [0.25, 0.3) is 0 Å². The van der Waals surface area contributed by atoms with Crippen molar-refractivity contribution in [3.05, 3.63) is 35.9 Å². The predicted octanol–water partition coefficient (Wildman–Crippen LogP) is 1.54. The molecule has 0 aromatic heterocycles. The minimum atomic E-state index is 0.603. The molecule has 0 amide bonds. The van der Waals surface area contributed by atoms with Gasteiger partial charge in [-0.2, -0.15) is 0 Å². The van der Waals surface area contributed by atoms with Crippen LogP contribution in [0.2, 0.25) is 0 Å². The molecule has 0 radical (unpaired) electrons. The first-order chi connectivity index (χ1) is 8.42. The van der Waals surface area contributed by atoms with Crippen LogP contribution >= 0.6 is 0 Å². The first-order valence-electron chi connectivity index (χ1n) is 6.17. The normalized spacial score (nSPS) is 19.3. The highest BCUT2D eigenvalue weighted by Gasteiger charge is 2.27. The van der Waals surface area contributed by atoms with Gasteiger partial charge in [0.15, 0.2) is 0 Å². The molecule has 0 atom stereocenters. The fourth-order valence-corrected chi connectivity index (χ4v) is 1.81. The van der Waals surface area contributed by atoms with Crippen LogP contribution in [0, 0.1) is 0 Å². The summed E-state index contributed by atoms with van der Waals surface area (Å²) in [5, 5.41) is 5.27. The Morgan fingerprint density at radius 2 is 2.12 bits per heavy atom. The average Bonchev–Trinajstić information content (AvgIpc) is 3.07. The molecule has 1 aromatic carbocycles. The summed E-state index contributed by atoms with van der Waals surface area (Å²) in [5.41, 5.74) is 1.19. The summed E-state index contributed by atoms with van der Waals surface area (Å²) in [6.45, 7) is 2.28. The highest BCUT2D eigenvalue weighted by molar-refractivity contribution is 5.81. The molecule has 17 heavy (non-hydrogen) atoms. The lowest BCUT2D eigenvalue weighted by Crippen LogP contribution is -2.39. The van der Waals surface area contributed by atoms with Gasteiger partial charge in [-0.05, 0) is 18.4 Å². The van der Waals surface area contributed by atoms with Crippen LogP contribution in [0.15, 0.2) is 35.3 Å². The Hall–Kier alpha value is -1.55. The first-order valence-corrected chi connectivity index (χ1v) is 6.17. The van der Waals surface area contributed by atoms with Crippen LogP contribution in [0.4, 0.5) is 0 Å². The van der Waals surface area contributed by atoms with E-state index in [1.807, 2.05) is 23.3 Å². The van der Waals surface area contributed by atoms with E-state index in [0.29, 0.717) is 12.6 Å². The molecule has 1 aliphatic heterocycles. The summed E-state index contributed by atoms with van der Waals surface area (Å²) in [6.07, 6.45) is 2.51. The molecule has 1 aliphatic carbocycles. The Morgan fingerprint density at radius 3 is 2.88 bits per heavy atom. The van der Waals surface area contributed by atoms with E-state index in [-0.39, 0.29) is 0 Å². The van der Waals surface area contributed by atoms with Crippen LogP contribution < -0.4 is 5.32 Å². The van der Waals surface area contributed by atoms with E-state index >= 15 is 0 Å². The Balaban J connectivity index is 1.52. The van der Waals surface area contributed by atoms with Gasteiger partial charge in [0.2, 0.25) is 5.96 Å². The zero-order valence-corrected chi connectivity index (χ0v) is 9.80. The van der Waals surface area contributed by atoms with Gasteiger partial charge < -0.3 is 5.32 Å². The van der Waals surface area contributed by atoms with Crippen molar-refractivity contribution >= 4 is 5.96 Å². The molecular weight excluding hydrogens is 214 g/mol. The van der Waals surface area contributed by atoms with Crippen molar-refractivity contribution in [2.24, 2.45) is 4.99 Å². The van der Waals surface area contributed by atoms with Crippen molar-refractivity contribution in [3.63, 3.8) is 0 Å². The number of hydrogen-bond acceptors (Lipinski definition) is 4. The molecule has 1 saturated carbocycles. The monoisotopic (exact) mass is 231 g/mol. The van der Waals surface area contributed by atoms with Crippen molar-refractivity contribution in [3.8, 4) is 0 Å². The fraction of sp³-hybridized carbons (Fsp3) is 0.462. The molecule has 1 fully saturated rings. The molecule has 1 aromatic rings. The summed E-state index contributed by atoms with van der Waals surface area (Å²) in [7, 11) is 0. The van der Waals surface area contributed by atoms with E-state index in [1.54, 1.807) is 0 Å². The predicted molar refractivity (Wildman–Crippen MR) is 66.4 cm³/mol. The summed E-state index contributed by atoms with van der Waals surface area (Å²) in [5.74, 6) is 0.906. The minimum absolute atomic E-state index is 0.603. The minimum Gasteiger partial charge on any atom is -0.352 e. The average molecular weight is 231 g/mol. The smallest absolute Gasteiger partial charge is 0.218 e. The van der Waals surface area contributed by atoms with Gasteiger partial charge in [-0.3, -0.25) is 4.84 Å². The van der Waals surface area contributed by atoms with Gasteiger partial charge in [0.05, 0.1) is 13.1 Å². The number of hydrogen-bond donors (Lipinski definition) is 1. The molecule has 0 bridgehead atoms. The Kier molecular flexibility index (Phi) is 2.96. The van der Waals surface area contributed by atoms with Crippen LogP contribution in [0.3, 0.4) is 0 Å². The molecule has 2 aliphatic rings. The van der Waals surface area contributed by atoms with Gasteiger partial charge in [0.25, 0.3) is 0 Å². The van der Waals surface area contributed by atoms with Crippen LogP contribution in [-0.4, -0.2) is 30.2 Å². The summed E-state index contributed by atoms with van der Waals surface area (Å²) in [6, 6.07) is 10.8. The Bertz CT molecular complexity index is 400. The molecule has 0 spiro atoms. The molecule has 90 valence electrons. The van der Waals surface area contributed by atoms with Crippen molar-refractivity contribution in [2.75, 3.05) is 13.1 Å². The lowest BCUT2D eigenvalue weighted by atomic mass is 10.2. The molecule has 4 heteroatoms. The van der Waals surface area contributed by atoms with Crippen LogP contribution in [0.1, 0.15) is 18.4 Å². The summed E-state index contributed by atoms with van der Waals surface area (Å²) < 4.78 is 0. The van der Waals surface area contributed by atoms with Crippen molar-refractivity contribution in [1.82, 2.24) is 10.4 Å². The lowest BCUT2D eigenvalue weighted by Gasteiger charge is -2.20. The quantitative estimate of drug-likeness (QED) is 0.854. The third kappa shape index (κ3) is 2.77. The zero-order valence-electron chi connectivity index (χ0n) is 9.80. The van der Waals surface area contributed by atoms with Gasteiger partial charge in [0, 0.05) is 6.04 Å². The molecule has 0 unspecified atom stereocenters. The number of nitrogens with zero attached hydrogens (tertiary/aromatic N) is 2. The Labute approximate surface area is 101 Å². The van der Waals surface area contributed by atoms with E-state index < -0.39 is 0 Å². The van der Waals surface area contributed by atoms with E-state index in [0.717, 1.165) is 19.0 Å². The van der Waals surface area contributed by atoms with Gasteiger partial charge >= 0.3 is 0 Å². The van der Waals surface area contributed by atoms with Gasteiger partial charge in [-0.15, -0.1) is 0 Å². The van der Waals surface area contributed by atoms with Gasteiger partial charge in [-0.25, -0.2) is 10.1 Å². The highest BCUT2D eigenvalue weighted by Crippen LogP contribution is 2.19. The maximum absolute atomic E-state index is 5.77. The van der Waals surface area contributed by atoms with E-state index in [2.05, 4.69) is 22.4 Å². The fourth-order valence-electron chi connectivity index (χ4n) is 1.81. The third-order valence-electron chi connectivity index (χ3n) is 2.94. The van der Waals surface area contributed by atoms with Gasteiger partial charge in [-0.1, -0.05) is 30.3 Å². The van der Waals surface area contributed by atoms with E-state index in [1.165, 1.54) is 18.4 Å². The van der Waals surface area contributed by atoms with Crippen molar-refractivity contribution in [1.29, 1.82) is 0 Å². The molecular formula is C13H17N3O. The molecule has 1 heterocycles. The number of nitrogens with one attached hydrogen (secondary N) is 1. The van der Waals surface area contributed by atoms with Crippen LogP contribution in [0.5, 0.6) is 0 Å². The molecule has 0 saturated heterocycles. The molecule has 4 nitrogen and oxygen atoms in total. The maximum atomic E-state index is 5.77. The number of hydroxylamine groups is 2. The summed E-state index contributed by atoms with van der Waals surface area (Å²) in [4.78, 5) is 10.2. The number of aliphatic imine (C=N–C) groups is 1. The van der Waals surface area contributed by atoms with E-state index in [4.69, 9.17) is 4.84 Å². The standard InChI is InChI=1S/C13H17N3O/c1-2-4-11(5-3-1)10-17-16-9-8-14-13(16)15-12-6-7-12/h1-5,12H,6-10H2,(H,14,15). The second-order valence-electron chi connectivity index (χ2n) is 4.49. The topological polar surface area (TPSA) is 36.9 Å². The van der Waals surface area contributed by atoms with E-state index in [9.17, 15) is 0 Å². The number of benzene rings is 1. The van der Waals surface area contributed by atoms with Crippen molar-refractivity contribution < 1.29 is 4.84 Å². The first kappa shape index (κ1) is 10.6. The summed E-state index contributed by atoms with van der Waals surface area (Å²) >= 11 is 0. The zero-order chi connectivity index (χ0) is 11.5. The Morgan fingerprint density at radius 1 is 1.29 bits per heavy atom. The third-order valence-corrected chi connectivity index (χ3v) is 2.94. The van der Waals surface area contributed by atoms with Gasteiger partial charge in [0.1, 0.15) is 6.61 Å². The SMILES string of the molecule is c1ccc(CON2CCN=C2NC2CC2)cc1. The largest absolute Gasteiger partial charge is 0.352 e. The molecule has 1 N–H and O–H groups in total. The lowest BCUT2D eigenvalue weighted by molar-refractivity contribution is -0.106. The second-order valence-corrected chi connectivity index (χ2v) is 4.49. The number of rotatable bonds is 4. The number of guanidine groups is 1. The van der Waals surface area contributed by atoms with Crippen molar-refractivity contribution in [2.45, 2.75) is 25.5 Å². The maximum Gasteiger partial charge on any atom is 0.218 e. The van der Waals surface area contributed by atoms with Crippen LogP contribution in [-0.2, 0) is 11.4 Å². The molecule has 3 rings (SSSR count). The highest BCUT2D eigenvalue weighted by atomic mass is 16.7. The second kappa shape index (κ2) is 4.75.